The number of aromatic nitrogens is 4. The van der Waals surface area contributed by atoms with Gasteiger partial charge in [0.1, 0.15) is 5.75 Å². The molecule has 0 spiro atoms. The van der Waals surface area contributed by atoms with Crippen molar-refractivity contribution in [2.24, 2.45) is 0 Å². The maximum absolute atomic E-state index is 13.1. The summed E-state index contributed by atoms with van der Waals surface area (Å²) in [6.45, 7) is 2.92. The molecule has 2 aliphatic rings. The summed E-state index contributed by atoms with van der Waals surface area (Å²) >= 11 is 0. The van der Waals surface area contributed by atoms with E-state index < -0.39 is 0 Å². The van der Waals surface area contributed by atoms with Gasteiger partial charge in [-0.3, -0.25) is 24.3 Å². The minimum Gasteiger partial charge on any atom is -0.497 e. The van der Waals surface area contributed by atoms with E-state index in [0.29, 0.717) is 18.8 Å². The first kappa shape index (κ1) is 21.7. The van der Waals surface area contributed by atoms with E-state index in [-0.39, 0.29) is 11.9 Å². The summed E-state index contributed by atoms with van der Waals surface area (Å²) in [5, 5.41) is 7.96. The predicted octanol–water partition coefficient (Wildman–Crippen LogP) is 3.33. The Bertz CT molecular complexity index is 1390. The van der Waals surface area contributed by atoms with E-state index >= 15 is 0 Å². The molecule has 3 heterocycles. The second-order valence-electron chi connectivity index (χ2n) is 9.33. The van der Waals surface area contributed by atoms with Gasteiger partial charge in [-0.05, 0) is 42.2 Å². The minimum absolute atomic E-state index is 0.0639. The maximum atomic E-state index is 13.1. The predicted molar refractivity (Wildman–Crippen MR) is 132 cm³/mol. The highest BCUT2D eigenvalue weighted by Crippen LogP contribution is 2.28. The molecular formula is C27H28N6O2. The molecule has 35 heavy (non-hydrogen) atoms. The van der Waals surface area contributed by atoms with Crippen LogP contribution in [-0.4, -0.2) is 50.3 Å². The monoisotopic (exact) mass is 468 g/mol. The van der Waals surface area contributed by atoms with Crippen molar-refractivity contribution in [1.82, 2.24) is 30.0 Å². The third-order valence-corrected chi connectivity index (χ3v) is 6.78. The number of nitrogens with zero attached hydrogens (tertiary/aromatic N) is 5. The van der Waals surface area contributed by atoms with E-state index in [9.17, 15) is 4.79 Å². The Morgan fingerprint density at radius 2 is 1.97 bits per heavy atom. The third kappa shape index (κ3) is 4.49. The van der Waals surface area contributed by atoms with E-state index in [4.69, 9.17) is 9.84 Å². The Kier molecular flexibility index (Phi) is 5.66. The molecule has 1 fully saturated rings. The molecule has 8 nitrogen and oxygen atoms in total. The Hall–Kier alpha value is -3.78. The second kappa shape index (κ2) is 9.11. The van der Waals surface area contributed by atoms with Gasteiger partial charge in [-0.1, -0.05) is 24.3 Å². The zero-order valence-electron chi connectivity index (χ0n) is 19.8. The van der Waals surface area contributed by atoms with Crippen LogP contribution in [0.25, 0.3) is 11.0 Å². The van der Waals surface area contributed by atoms with Crippen LogP contribution >= 0.6 is 0 Å². The number of rotatable bonds is 7. The molecule has 6 rings (SSSR count). The molecule has 8 heteroatoms. The molecule has 1 aliphatic carbocycles. The lowest BCUT2D eigenvalue weighted by Crippen LogP contribution is -2.33. The van der Waals surface area contributed by atoms with Gasteiger partial charge in [-0.25, -0.2) is 0 Å². The fourth-order valence-electron chi connectivity index (χ4n) is 4.84. The second-order valence-corrected chi connectivity index (χ2v) is 9.33. The Balaban J connectivity index is 1.30. The molecule has 1 saturated carbocycles. The van der Waals surface area contributed by atoms with E-state index in [1.807, 2.05) is 35.0 Å². The topological polar surface area (TPSA) is 85.2 Å². The van der Waals surface area contributed by atoms with Gasteiger partial charge in [-0.15, -0.1) is 0 Å². The van der Waals surface area contributed by atoms with Gasteiger partial charge in [0, 0.05) is 55.7 Å². The number of ether oxygens (including phenoxy) is 1. The first-order valence-corrected chi connectivity index (χ1v) is 12.1. The van der Waals surface area contributed by atoms with E-state index in [1.54, 1.807) is 19.5 Å². The van der Waals surface area contributed by atoms with E-state index in [0.717, 1.165) is 71.5 Å². The number of amides is 1. The van der Waals surface area contributed by atoms with Crippen molar-refractivity contribution in [3.8, 4) is 5.75 Å². The van der Waals surface area contributed by atoms with Gasteiger partial charge in [0.15, 0.2) is 5.69 Å². The van der Waals surface area contributed by atoms with Crippen LogP contribution in [0.4, 0.5) is 0 Å². The molecule has 0 atom stereocenters. The van der Waals surface area contributed by atoms with Gasteiger partial charge >= 0.3 is 0 Å². The molecule has 2 aromatic carbocycles. The summed E-state index contributed by atoms with van der Waals surface area (Å²) in [5.74, 6) is 0.755. The number of nitrogens with one attached hydrogen (secondary N) is 1. The van der Waals surface area contributed by atoms with Crippen molar-refractivity contribution in [2.75, 3.05) is 13.7 Å². The van der Waals surface area contributed by atoms with Crippen LogP contribution < -0.4 is 10.1 Å². The van der Waals surface area contributed by atoms with Crippen molar-refractivity contribution >= 4 is 16.9 Å². The van der Waals surface area contributed by atoms with E-state index in [1.165, 1.54) is 0 Å². The highest BCUT2D eigenvalue weighted by molar-refractivity contribution is 5.94. The first-order chi connectivity index (χ1) is 17.2. The summed E-state index contributed by atoms with van der Waals surface area (Å²) in [7, 11) is 1.67. The van der Waals surface area contributed by atoms with Crippen LogP contribution in [0.3, 0.4) is 0 Å². The largest absolute Gasteiger partial charge is 0.497 e. The Morgan fingerprint density at radius 3 is 2.83 bits per heavy atom. The zero-order chi connectivity index (χ0) is 23.8. The van der Waals surface area contributed by atoms with Gasteiger partial charge in [0.25, 0.3) is 5.91 Å². The number of carbonyl (C=O) groups is 1. The number of carbonyl (C=O) groups excluding carboxylic acids is 1. The summed E-state index contributed by atoms with van der Waals surface area (Å²) in [6.07, 6.45) is 6.39. The van der Waals surface area contributed by atoms with Crippen LogP contribution in [0, 0.1) is 0 Å². The molecule has 4 aromatic rings. The van der Waals surface area contributed by atoms with E-state index in [2.05, 4.69) is 32.3 Å². The summed E-state index contributed by atoms with van der Waals surface area (Å²) in [6, 6.07) is 14.4. The quantitative estimate of drug-likeness (QED) is 0.448. The first-order valence-electron chi connectivity index (χ1n) is 12.1. The van der Waals surface area contributed by atoms with Gasteiger partial charge in [0.05, 0.1) is 24.7 Å². The molecule has 1 aliphatic heterocycles. The normalized spacial score (nSPS) is 15.7. The number of hydrogen-bond donors (Lipinski definition) is 1. The van der Waals surface area contributed by atoms with Crippen LogP contribution in [0.15, 0.2) is 54.9 Å². The molecule has 1 amide bonds. The van der Waals surface area contributed by atoms with Crippen molar-refractivity contribution < 1.29 is 9.53 Å². The molecule has 0 saturated heterocycles. The summed E-state index contributed by atoms with van der Waals surface area (Å²) in [5.41, 5.74) is 6.80. The average molecular weight is 469 g/mol. The summed E-state index contributed by atoms with van der Waals surface area (Å²) in [4.78, 5) is 24.5. The number of para-hydroxylation sites is 1. The molecule has 0 bridgehead atoms. The Labute approximate surface area is 203 Å². The molecule has 1 N–H and O–H groups in total. The molecular weight excluding hydrogens is 440 g/mol. The number of fused-ring (bicyclic) bond motifs is 2. The molecule has 0 unspecified atom stereocenters. The van der Waals surface area contributed by atoms with Crippen LogP contribution in [0.1, 0.15) is 45.7 Å². The zero-order valence-corrected chi connectivity index (χ0v) is 19.8. The van der Waals surface area contributed by atoms with Gasteiger partial charge in [-0.2, -0.15) is 5.10 Å². The van der Waals surface area contributed by atoms with Gasteiger partial charge < -0.3 is 10.1 Å². The van der Waals surface area contributed by atoms with Crippen LogP contribution in [0.2, 0.25) is 0 Å². The molecule has 178 valence electrons. The average Bonchev–Trinajstić information content (AvgIpc) is 3.64. The highest BCUT2D eigenvalue weighted by atomic mass is 16.5. The Morgan fingerprint density at radius 1 is 1.11 bits per heavy atom. The smallest absolute Gasteiger partial charge is 0.272 e. The highest BCUT2D eigenvalue weighted by Gasteiger charge is 2.31. The maximum Gasteiger partial charge on any atom is 0.272 e. The fourth-order valence-corrected chi connectivity index (χ4v) is 4.84. The van der Waals surface area contributed by atoms with Crippen LogP contribution in [-0.2, 0) is 26.1 Å². The lowest BCUT2D eigenvalue weighted by Gasteiger charge is -2.28. The van der Waals surface area contributed by atoms with Gasteiger partial charge in [0.2, 0.25) is 0 Å². The molecule has 0 radical (unpaired) electrons. The lowest BCUT2D eigenvalue weighted by atomic mass is 10.0. The lowest BCUT2D eigenvalue weighted by molar-refractivity contribution is 0.0943. The van der Waals surface area contributed by atoms with Crippen molar-refractivity contribution in [3.05, 3.63) is 82.9 Å². The van der Waals surface area contributed by atoms with Crippen molar-refractivity contribution in [2.45, 2.75) is 44.9 Å². The summed E-state index contributed by atoms with van der Waals surface area (Å²) < 4.78 is 7.40. The third-order valence-electron chi connectivity index (χ3n) is 6.78. The number of benzene rings is 2. The molecule has 2 aromatic heterocycles. The van der Waals surface area contributed by atoms with Crippen molar-refractivity contribution in [3.63, 3.8) is 0 Å². The van der Waals surface area contributed by atoms with Crippen molar-refractivity contribution in [1.29, 1.82) is 0 Å². The SMILES string of the molecule is COc1cccc(Cn2nc(C(=O)NC3CC3)c3c2CCN(Cc2cccc4nccnc24)C3)c1. The number of methoxy groups -OCH3 is 1. The minimum atomic E-state index is -0.0639. The number of hydrogen-bond acceptors (Lipinski definition) is 6. The fraction of sp³-hybridized carbons (Fsp3) is 0.333. The van der Waals surface area contributed by atoms with Crippen LogP contribution in [0.5, 0.6) is 5.75 Å². The standard InChI is InChI=1S/C27H28N6O2/c1-35-21-6-2-4-18(14-21)15-33-24-10-13-32(16-19-5-3-7-23-25(19)29-12-11-28-23)17-22(24)26(31-33)27(34)30-20-8-9-20/h2-7,11-12,14,20H,8-10,13,15-17H2,1H3,(H,30,34).